The van der Waals surface area contributed by atoms with Gasteiger partial charge in [0, 0.05) is 31.2 Å². The summed E-state index contributed by atoms with van der Waals surface area (Å²) in [5.74, 6) is 0.280. The van der Waals surface area contributed by atoms with Crippen LogP contribution in [-0.2, 0) is 4.74 Å². The van der Waals surface area contributed by atoms with E-state index in [1.807, 2.05) is 30.3 Å². The van der Waals surface area contributed by atoms with Crippen molar-refractivity contribution in [1.82, 2.24) is 15.3 Å². The number of methoxy groups -OCH3 is 1. The Kier molecular flexibility index (Phi) is 5.81. The number of amides is 1. The second-order valence-corrected chi connectivity index (χ2v) is 5.73. The van der Waals surface area contributed by atoms with Crippen LogP contribution in [0.3, 0.4) is 0 Å². The Labute approximate surface area is 162 Å². The first kappa shape index (κ1) is 18.8. The second kappa shape index (κ2) is 8.63. The molecule has 1 aromatic carbocycles. The third-order valence-corrected chi connectivity index (χ3v) is 3.87. The van der Waals surface area contributed by atoms with Gasteiger partial charge in [-0.25, -0.2) is 14.8 Å². The van der Waals surface area contributed by atoms with E-state index >= 15 is 0 Å². The van der Waals surface area contributed by atoms with Crippen LogP contribution in [-0.4, -0.2) is 36.0 Å². The number of hydrogen-bond acceptors (Lipinski definition) is 7. The highest BCUT2D eigenvalue weighted by molar-refractivity contribution is 6.00. The van der Waals surface area contributed by atoms with E-state index in [0.29, 0.717) is 28.5 Å². The number of nitrogens with zero attached hydrogens (tertiary/aromatic N) is 2. The van der Waals surface area contributed by atoms with Gasteiger partial charge in [-0.1, -0.05) is 18.2 Å². The van der Waals surface area contributed by atoms with Gasteiger partial charge in [0.25, 0.3) is 5.91 Å². The Hall–Kier alpha value is -3.94. The summed E-state index contributed by atoms with van der Waals surface area (Å²) in [7, 11) is 2.88. The van der Waals surface area contributed by atoms with E-state index in [9.17, 15) is 9.59 Å². The number of rotatable bonds is 6. The Morgan fingerprint density at radius 3 is 2.32 bits per heavy atom. The summed E-state index contributed by atoms with van der Waals surface area (Å²) in [5, 5.41) is 8.88. The van der Waals surface area contributed by atoms with Crippen molar-refractivity contribution in [2.24, 2.45) is 0 Å². The number of nitrogens with one attached hydrogen (secondary N) is 3. The predicted molar refractivity (Wildman–Crippen MR) is 106 cm³/mol. The first-order valence-corrected chi connectivity index (χ1v) is 8.46. The molecule has 1 amide bonds. The summed E-state index contributed by atoms with van der Waals surface area (Å²) in [6, 6.07) is 14.5. The number of carbonyl (C=O) groups excluding carboxylic acids is 2. The molecule has 0 aliphatic carbocycles. The van der Waals surface area contributed by atoms with Gasteiger partial charge >= 0.3 is 5.97 Å². The molecule has 0 atom stereocenters. The molecule has 2 heterocycles. The SMILES string of the molecule is CNC(=O)c1cnc(Nc2ccc(C(=O)OC)cn2)cc1Nc1ccccc1. The standard InChI is InChI=1S/C20H19N5O3/c1-21-19(26)15-12-23-18(10-16(15)24-14-6-4-3-5-7-14)25-17-9-8-13(11-22-17)20(27)28-2/h3-12H,1-2H3,(H,21,26)(H2,22,23,24,25). The van der Waals surface area contributed by atoms with Crippen LogP contribution >= 0.6 is 0 Å². The zero-order valence-electron chi connectivity index (χ0n) is 15.4. The molecule has 0 radical (unpaired) electrons. The molecule has 8 heteroatoms. The number of benzene rings is 1. The van der Waals surface area contributed by atoms with E-state index in [-0.39, 0.29) is 5.91 Å². The maximum atomic E-state index is 12.2. The van der Waals surface area contributed by atoms with E-state index in [0.717, 1.165) is 5.69 Å². The topological polar surface area (TPSA) is 105 Å². The Bertz CT molecular complexity index is 975. The van der Waals surface area contributed by atoms with Crippen LogP contribution < -0.4 is 16.0 Å². The zero-order valence-corrected chi connectivity index (χ0v) is 15.4. The lowest BCUT2D eigenvalue weighted by Crippen LogP contribution is -2.19. The highest BCUT2D eigenvalue weighted by Crippen LogP contribution is 2.24. The van der Waals surface area contributed by atoms with Crippen LogP contribution in [0.2, 0.25) is 0 Å². The van der Waals surface area contributed by atoms with Crippen molar-refractivity contribution in [1.29, 1.82) is 0 Å². The van der Waals surface area contributed by atoms with Gasteiger partial charge in [-0.3, -0.25) is 4.79 Å². The maximum absolute atomic E-state index is 12.2. The third kappa shape index (κ3) is 4.42. The number of esters is 1. The summed E-state index contributed by atoms with van der Waals surface area (Å²) in [4.78, 5) is 32.1. The van der Waals surface area contributed by atoms with Crippen LogP contribution in [0.25, 0.3) is 0 Å². The van der Waals surface area contributed by atoms with Crippen molar-refractivity contribution >= 4 is 34.9 Å². The van der Waals surface area contributed by atoms with Crippen molar-refractivity contribution < 1.29 is 14.3 Å². The zero-order chi connectivity index (χ0) is 19.9. The molecule has 0 bridgehead atoms. The van der Waals surface area contributed by atoms with Crippen molar-refractivity contribution in [2.75, 3.05) is 24.8 Å². The van der Waals surface area contributed by atoms with Gasteiger partial charge in [-0.2, -0.15) is 0 Å². The van der Waals surface area contributed by atoms with Crippen molar-refractivity contribution in [3.05, 3.63) is 72.1 Å². The monoisotopic (exact) mass is 377 g/mol. The minimum Gasteiger partial charge on any atom is -0.465 e. The Balaban J connectivity index is 1.86. The van der Waals surface area contributed by atoms with E-state index in [4.69, 9.17) is 0 Å². The molecule has 142 valence electrons. The first-order chi connectivity index (χ1) is 13.6. The number of anilines is 4. The van der Waals surface area contributed by atoms with Crippen molar-refractivity contribution in [2.45, 2.75) is 0 Å². The van der Waals surface area contributed by atoms with E-state index < -0.39 is 5.97 Å². The molecular formula is C20H19N5O3. The molecule has 3 rings (SSSR count). The van der Waals surface area contributed by atoms with Gasteiger partial charge in [-0.15, -0.1) is 0 Å². The summed E-state index contributed by atoms with van der Waals surface area (Å²) >= 11 is 0. The smallest absolute Gasteiger partial charge is 0.339 e. The second-order valence-electron chi connectivity index (χ2n) is 5.73. The highest BCUT2D eigenvalue weighted by atomic mass is 16.5. The molecule has 3 N–H and O–H groups in total. The lowest BCUT2D eigenvalue weighted by molar-refractivity contribution is 0.0600. The quantitative estimate of drug-likeness (QED) is 0.567. The average Bonchev–Trinajstić information content (AvgIpc) is 2.74. The largest absolute Gasteiger partial charge is 0.465 e. The summed E-state index contributed by atoms with van der Waals surface area (Å²) in [6.07, 6.45) is 2.89. The van der Waals surface area contributed by atoms with Crippen molar-refractivity contribution in [3.63, 3.8) is 0 Å². The minimum atomic E-state index is -0.457. The van der Waals surface area contributed by atoms with Crippen LogP contribution in [0.5, 0.6) is 0 Å². The van der Waals surface area contributed by atoms with Crippen LogP contribution in [0.4, 0.5) is 23.0 Å². The molecule has 28 heavy (non-hydrogen) atoms. The maximum Gasteiger partial charge on any atom is 0.339 e. The van der Waals surface area contributed by atoms with Gasteiger partial charge in [-0.05, 0) is 24.3 Å². The number of pyridine rings is 2. The summed E-state index contributed by atoms with van der Waals surface area (Å²) in [5.41, 5.74) is 2.19. The number of hydrogen-bond donors (Lipinski definition) is 3. The van der Waals surface area contributed by atoms with Gasteiger partial charge in [0.15, 0.2) is 0 Å². The van der Waals surface area contributed by atoms with E-state index in [1.54, 1.807) is 25.2 Å². The molecule has 2 aromatic heterocycles. The third-order valence-electron chi connectivity index (χ3n) is 3.87. The molecule has 0 fully saturated rings. The minimum absolute atomic E-state index is 0.252. The van der Waals surface area contributed by atoms with E-state index in [2.05, 4.69) is 30.7 Å². The van der Waals surface area contributed by atoms with Crippen LogP contribution in [0.1, 0.15) is 20.7 Å². The van der Waals surface area contributed by atoms with E-state index in [1.165, 1.54) is 19.5 Å². The van der Waals surface area contributed by atoms with Gasteiger partial charge < -0.3 is 20.7 Å². The Morgan fingerprint density at radius 2 is 1.68 bits per heavy atom. The summed E-state index contributed by atoms with van der Waals surface area (Å²) < 4.78 is 4.66. The number of ether oxygens (including phenoxy) is 1. The predicted octanol–water partition coefficient (Wildman–Crippen LogP) is 3.11. The lowest BCUT2D eigenvalue weighted by atomic mass is 10.2. The molecule has 8 nitrogen and oxygen atoms in total. The highest BCUT2D eigenvalue weighted by Gasteiger charge is 2.13. The fourth-order valence-corrected chi connectivity index (χ4v) is 2.46. The summed E-state index contributed by atoms with van der Waals surface area (Å²) in [6.45, 7) is 0. The molecule has 0 saturated heterocycles. The molecule has 0 aliphatic rings. The van der Waals surface area contributed by atoms with Gasteiger partial charge in [0.05, 0.1) is 23.9 Å². The fraction of sp³-hybridized carbons (Fsp3) is 0.100. The normalized spacial score (nSPS) is 10.1. The molecular weight excluding hydrogens is 358 g/mol. The van der Waals surface area contributed by atoms with Gasteiger partial charge in [0.1, 0.15) is 11.6 Å². The first-order valence-electron chi connectivity index (χ1n) is 8.46. The lowest BCUT2D eigenvalue weighted by Gasteiger charge is -2.13. The molecule has 0 saturated carbocycles. The molecule has 0 aliphatic heterocycles. The van der Waals surface area contributed by atoms with Crippen LogP contribution in [0, 0.1) is 0 Å². The number of aromatic nitrogens is 2. The molecule has 3 aromatic rings. The number of carbonyl (C=O) groups is 2. The van der Waals surface area contributed by atoms with Crippen LogP contribution in [0.15, 0.2) is 60.9 Å². The number of para-hydroxylation sites is 1. The van der Waals surface area contributed by atoms with Crippen molar-refractivity contribution in [3.8, 4) is 0 Å². The average molecular weight is 377 g/mol. The Morgan fingerprint density at radius 1 is 0.929 bits per heavy atom. The molecule has 0 unspecified atom stereocenters. The molecule has 0 spiro atoms. The van der Waals surface area contributed by atoms with Gasteiger partial charge in [0.2, 0.25) is 0 Å². The fourth-order valence-electron chi connectivity index (χ4n) is 2.46.